The highest BCUT2D eigenvalue weighted by Crippen LogP contribution is 2.32. The summed E-state index contributed by atoms with van der Waals surface area (Å²) in [5.74, 6) is 2.70. The van der Waals surface area contributed by atoms with E-state index in [4.69, 9.17) is 0 Å². The molecule has 1 atom stereocenters. The van der Waals surface area contributed by atoms with E-state index in [1.165, 1.54) is 11.1 Å². The summed E-state index contributed by atoms with van der Waals surface area (Å²) in [6.07, 6.45) is 1.98. The zero-order valence-electron chi connectivity index (χ0n) is 13.1. The second kappa shape index (κ2) is 8.23. The van der Waals surface area contributed by atoms with Crippen LogP contribution in [-0.2, 0) is 4.79 Å². The maximum atomic E-state index is 12.9. The van der Waals surface area contributed by atoms with Gasteiger partial charge in [0, 0.05) is 24.0 Å². The summed E-state index contributed by atoms with van der Waals surface area (Å²) < 4.78 is 0. The maximum Gasteiger partial charge on any atom is 0.226 e. The molecule has 3 rings (SSSR count). The first-order valence-corrected chi connectivity index (χ1v) is 9.06. The Morgan fingerprint density at radius 2 is 1.91 bits per heavy atom. The molecule has 2 aliphatic rings. The van der Waals surface area contributed by atoms with Gasteiger partial charge in [0.25, 0.3) is 0 Å². The van der Waals surface area contributed by atoms with Gasteiger partial charge in [-0.1, -0.05) is 29.8 Å². The average Bonchev–Trinajstić information content (AvgIpc) is 2.56. The SMILES string of the molecule is Cc1ccc(C2CSCCN2C(=O)C2CCNCC2)cc1.Cl. The number of piperidine rings is 1. The molecule has 1 aromatic carbocycles. The van der Waals surface area contributed by atoms with Crippen LogP contribution >= 0.6 is 24.2 Å². The number of nitrogens with zero attached hydrogens (tertiary/aromatic N) is 1. The molecule has 1 amide bonds. The summed E-state index contributed by atoms with van der Waals surface area (Å²) in [5.41, 5.74) is 2.56. The van der Waals surface area contributed by atoms with Gasteiger partial charge in [0.15, 0.2) is 0 Å². The molecular weight excluding hydrogens is 316 g/mol. The lowest BCUT2D eigenvalue weighted by molar-refractivity contribution is -0.138. The van der Waals surface area contributed by atoms with Crippen molar-refractivity contribution in [3.8, 4) is 0 Å². The van der Waals surface area contributed by atoms with Crippen LogP contribution in [0.3, 0.4) is 0 Å². The fraction of sp³-hybridized carbons (Fsp3) is 0.588. The molecule has 2 aliphatic heterocycles. The largest absolute Gasteiger partial charge is 0.334 e. The van der Waals surface area contributed by atoms with Crippen LogP contribution in [0.2, 0.25) is 0 Å². The smallest absolute Gasteiger partial charge is 0.226 e. The Hall–Kier alpha value is -0.710. The lowest BCUT2D eigenvalue weighted by atomic mass is 9.95. The van der Waals surface area contributed by atoms with E-state index < -0.39 is 0 Å². The van der Waals surface area contributed by atoms with Crippen LogP contribution in [0.15, 0.2) is 24.3 Å². The second-order valence-corrected chi connectivity index (χ2v) is 7.21. The highest BCUT2D eigenvalue weighted by Gasteiger charge is 2.33. The first kappa shape index (κ1) is 17.6. The molecule has 122 valence electrons. The summed E-state index contributed by atoms with van der Waals surface area (Å²) in [7, 11) is 0. The van der Waals surface area contributed by atoms with Crippen molar-refractivity contribution in [2.24, 2.45) is 5.92 Å². The Labute approximate surface area is 143 Å². The van der Waals surface area contributed by atoms with Crippen LogP contribution in [0.4, 0.5) is 0 Å². The summed E-state index contributed by atoms with van der Waals surface area (Å²) in [6, 6.07) is 8.94. The quantitative estimate of drug-likeness (QED) is 0.898. The predicted octanol–water partition coefficient (Wildman–Crippen LogP) is 3.03. The number of thioether (sulfide) groups is 1. The number of benzene rings is 1. The summed E-state index contributed by atoms with van der Waals surface area (Å²) in [5, 5.41) is 3.35. The molecule has 2 saturated heterocycles. The van der Waals surface area contributed by atoms with Gasteiger partial charge in [-0.2, -0.15) is 11.8 Å². The molecule has 2 heterocycles. The van der Waals surface area contributed by atoms with Crippen LogP contribution in [0.5, 0.6) is 0 Å². The topological polar surface area (TPSA) is 32.3 Å². The molecule has 2 fully saturated rings. The Morgan fingerprint density at radius 3 is 2.59 bits per heavy atom. The molecule has 1 N–H and O–H groups in total. The van der Waals surface area contributed by atoms with Gasteiger partial charge in [0.2, 0.25) is 5.91 Å². The Balaban J connectivity index is 0.00000176. The van der Waals surface area contributed by atoms with E-state index in [1.807, 2.05) is 11.8 Å². The van der Waals surface area contributed by atoms with Gasteiger partial charge in [-0.3, -0.25) is 4.79 Å². The van der Waals surface area contributed by atoms with Crippen LogP contribution in [0.25, 0.3) is 0 Å². The standard InChI is InChI=1S/C17H24N2OS.ClH/c1-13-2-4-14(5-3-13)16-12-21-11-10-19(16)17(20)15-6-8-18-9-7-15;/h2-5,15-16,18H,6-12H2,1H3;1H. The van der Waals surface area contributed by atoms with Gasteiger partial charge in [0.1, 0.15) is 0 Å². The number of hydrogen-bond acceptors (Lipinski definition) is 3. The van der Waals surface area contributed by atoms with Gasteiger partial charge >= 0.3 is 0 Å². The van der Waals surface area contributed by atoms with Crippen LogP contribution in [0, 0.1) is 12.8 Å². The van der Waals surface area contributed by atoms with Crippen LogP contribution < -0.4 is 5.32 Å². The van der Waals surface area contributed by atoms with E-state index in [0.717, 1.165) is 44.0 Å². The van der Waals surface area contributed by atoms with E-state index in [0.29, 0.717) is 5.91 Å². The number of halogens is 1. The molecule has 0 aromatic heterocycles. The summed E-state index contributed by atoms with van der Waals surface area (Å²) >= 11 is 1.96. The van der Waals surface area contributed by atoms with E-state index in [9.17, 15) is 4.79 Å². The molecule has 1 unspecified atom stereocenters. The number of carbonyl (C=O) groups excluding carboxylic acids is 1. The third-order valence-electron chi connectivity index (χ3n) is 4.56. The molecule has 0 radical (unpaired) electrons. The van der Waals surface area contributed by atoms with Crippen LogP contribution in [-0.4, -0.2) is 41.9 Å². The first-order chi connectivity index (χ1) is 10.3. The average molecular weight is 341 g/mol. The zero-order valence-corrected chi connectivity index (χ0v) is 14.7. The number of amides is 1. The number of aryl methyl sites for hydroxylation is 1. The van der Waals surface area contributed by atoms with Gasteiger partial charge in [-0.15, -0.1) is 12.4 Å². The predicted molar refractivity (Wildman–Crippen MR) is 95.8 cm³/mol. The number of carbonyl (C=O) groups is 1. The van der Waals surface area contributed by atoms with E-state index in [-0.39, 0.29) is 24.4 Å². The minimum absolute atomic E-state index is 0. The lowest BCUT2D eigenvalue weighted by Crippen LogP contribution is -2.46. The molecule has 3 nitrogen and oxygen atoms in total. The molecule has 1 aromatic rings. The van der Waals surface area contributed by atoms with Crippen molar-refractivity contribution in [1.29, 1.82) is 0 Å². The van der Waals surface area contributed by atoms with Crippen molar-refractivity contribution in [3.63, 3.8) is 0 Å². The van der Waals surface area contributed by atoms with Crippen LogP contribution in [0.1, 0.15) is 30.0 Å². The summed E-state index contributed by atoms with van der Waals surface area (Å²) in [6.45, 7) is 4.96. The fourth-order valence-electron chi connectivity index (χ4n) is 3.24. The zero-order chi connectivity index (χ0) is 14.7. The number of hydrogen-bond donors (Lipinski definition) is 1. The van der Waals surface area contributed by atoms with E-state index in [2.05, 4.69) is 41.4 Å². The van der Waals surface area contributed by atoms with Gasteiger partial charge in [-0.05, 0) is 38.4 Å². The Morgan fingerprint density at radius 1 is 1.23 bits per heavy atom. The second-order valence-electron chi connectivity index (χ2n) is 6.06. The normalized spacial score (nSPS) is 23.0. The molecule has 5 heteroatoms. The van der Waals surface area contributed by atoms with Gasteiger partial charge in [0.05, 0.1) is 6.04 Å². The Kier molecular flexibility index (Phi) is 6.60. The lowest BCUT2D eigenvalue weighted by Gasteiger charge is -2.38. The van der Waals surface area contributed by atoms with Gasteiger partial charge in [-0.25, -0.2) is 0 Å². The molecular formula is C17H25ClN2OS. The summed E-state index contributed by atoms with van der Waals surface area (Å²) in [4.78, 5) is 15.0. The molecule has 22 heavy (non-hydrogen) atoms. The third-order valence-corrected chi connectivity index (χ3v) is 5.58. The minimum Gasteiger partial charge on any atom is -0.334 e. The molecule has 0 bridgehead atoms. The van der Waals surface area contributed by atoms with Crippen molar-refractivity contribution >= 4 is 30.1 Å². The third kappa shape index (κ3) is 3.98. The Bertz CT molecular complexity index is 488. The van der Waals surface area contributed by atoms with Crippen molar-refractivity contribution < 1.29 is 4.79 Å². The first-order valence-electron chi connectivity index (χ1n) is 7.91. The number of rotatable bonds is 2. The van der Waals surface area contributed by atoms with Crippen molar-refractivity contribution in [1.82, 2.24) is 10.2 Å². The monoisotopic (exact) mass is 340 g/mol. The molecule has 0 saturated carbocycles. The van der Waals surface area contributed by atoms with Gasteiger partial charge < -0.3 is 10.2 Å². The van der Waals surface area contributed by atoms with Crippen molar-refractivity contribution in [3.05, 3.63) is 35.4 Å². The van der Waals surface area contributed by atoms with E-state index in [1.54, 1.807) is 0 Å². The minimum atomic E-state index is 0. The maximum absolute atomic E-state index is 12.9. The molecule has 0 aliphatic carbocycles. The van der Waals surface area contributed by atoms with Crippen molar-refractivity contribution in [2.45, 2.75) is 25.8 Å². The highest BCUT2D eigenvalue weighted by atomic mass is 35.5. The highest BCUT2D eigenvalue weighted by molar-refractivity contribution is 7.99. The fourth-order valence-corrected chi connectivity index (χ4v) is 4.32. The molecule has 0 spiro atoms. The number of nitrogens with one attached hydrogen (secondary N) is 1. The van der Waals surface area contributed by atoms with Crippen molar-refractivity contribution in [2.75, 3.05) is 31.1 Å². The van der Waals surface area contributed by atoms with E-state index >= 15 is 0 Å².